The highest BCUT2D eigenvalue weighted by atomic mass is 16.4. The van der Waals surface area contributed by atoms with E-state index < -0.39 is 0 Å². The first-order valence-electron chi connectivity index (χ1n) is 5.21. The van der Waals surface area contributed by atoms with Crippen molar-refractivity contribution in [3.63, 3.8) is 0 Å². The Morgan fingerprint density at radius 1 is 1.19 bits per heavy atom. The van der Waals surface area contributed by atoms with Crippen molar-refractivity contribution in [2.45, 2.75) is 19.6 Å². The number of nitrogens with two attached hydrogens (primary N) is 1. The first-order chi connectivity index (χ1) is 7.86. The lowest BCUT2D eigenvalue weighted by atomic mass is 10.1. The van der Waals surface area contributed by atoms with Crippen molar-refractivity contribution < 1.29 is 4.42 Å². The summed E-state index contributed by atoms with van der Waals surface area (Å²) < 4.78 is 5.43. The molecule has 82 valence electrons. The van der Waals surface area contributed by atoms with Crippen molar-refractivity contribution in [2.75, 3.05) is 4.90 Å². The Kier molecular flexibility index (Phi) is 2.11. The number of anilines is 1. The molecule has 0 fully saturated rings. The van der Waals surface area contributed by atoms with Crippen LogP contribution in [0.1, 0.15) is 17.0 Å². The molecule has 1 aromatic carbocycles. The van der Waals surface area contributed by atoms with E-state index in [9.17, 15) is 0 Å². The highest BCUT2D eigenvalue weighted by Crippen LogP contribution is 2.26. The van der Waals surface area contributed by atoms with Crippen molar-refractivity contribution in [3.8, 4) is 0 Å². The second-order valence-electron chi connectivity index (χ2n) is 3.81. The van der Waals surface area contributed by atoms with Crippen LogP contribution in [-0.4, -0.2) is 10.2 Å². The maximum absolute atomic E-state index is 5.43. The highest BCUT2D eigenvalue weighted by Gasteiger charge is 2.22. The standard InChI is InChI=1S/C11H12N4O/c12-5-10-13-14-11(16-10)15-6-8-3-1-2-4-9(8)7-15/h1-4H,5-7,12H2. The molecule has 0 aliphatic carbocycles. The van der Waals surface area contributed by atoms with Crippen molar-refractivity contribution >= 4 is 6.01 Å². The monoisotopic (exact) mass is 216 g/mol. The Hall–Kier alpha value is -1.88. The van der Waals surface area contributed by atoms with E-state index in [1.165, 1.54) is 11.1 Å². The van der Waals surface area contributed by atoms with Crippen LogP contribution in [0, 0.1) is 0 Å². The fourth-order valence-corrected chi connectivity index (χ4v) is 1.92. The summed E-state index contributed by atoms with van der Waals surface area (Å²) >= 11 is 0. The van der Waals surface area contributed by atoms with Gasteiger partial charge in [-0.15, -0.1) is 5.10 Å². The molecule has 0 radical (unpaired) electrons. The van der Waals surface area contributed by atoms with Crippen LogP contribution in [0.15, 0.2) is 28.7 Å². The predicted octanol–water partition coefficient (Wildman–Crippen LogP) is 1.05. The van der Waals surface area contributed by atoms with Gasteiger partial charge in [0.05, 0.1) is 6.54 Å². The molecule has 5 nitrogen and oxygen atoms in total. The Bertz CT molecular complexity index is 483. The summed E-state index contributed by atoms with van der Waals surface area (Å²) in [7, 11) is 0. The molecule has 16 heavy (non-hydrogen) atoms. The minimum Gasteiger partial charge on any atom is -0.407 e. The summed E-state index contributed by atoms with van der Waals surface area (Å²) in [6.45, 7) is 1.93. The molecule has 2 N–H and O–H groups in total. The van der Waals surface area contributed by atoms with E-state index in [-0.39, 0.29) is 6.54 Å². The number of aromatic nitrogens is 2. The molecular formula is C11H12N4O. The third-order valence-corrected chi connectivity index (χ3v) is 2.74. The Balaban J connectivity index is 1.85. The number of fused-ring (bicyclic) bond motifs is 1. The zero-order chi connectivity index (χ0) is 11.0. The maximum atomic E-state index is 5.43. The second kappa shape index (κ2) is 3.61. The van der Waals surface area contributed by atoms with Crippen molar-refractivity contribution in [3.05, 3.63) is 41.3 Å². The molecule has 1 aliphatic rings. The van der Waals surface area contributed by atoms with Crippen LogP contribution in [0.25, 0.3) is 0 Å². The van der Waals surface area contributed by atoms with Gasteiger partial charge in [-0.05, 0) is 11.1 Å². The fourth-order valence-electron chi connectivity index (χ4n) is 1.92. The topological polar surface area (TPSA) is 68.2 Å². The van der Waals surface area contributed by atoms with Gasteiger partial charge >= 0.3 is 6.01 Å². The lowest BCUT2D eigenvalue weighted by Crippen LogP contribution is -2.14. The number of hydrogen-bond donors (Lipinski definition) is 1. The van der Waals surface area contributed by atoms with Crippen LogP contribution in [0.2, 0.25) is 0 Å². The minimum atomic E-state index is 0.286. The zero-order valence-corrected chi connectivity index (χ0v) is 8.76. The van der Waals surface area contributed by atoms with Crippen LogP contribution in [0.4, 0.5) is 6.01 Å². The minimum absolute atomic E-state index is 0.286. The van der Waals surface area contributed by atoms with E-state index in [0.717, 1.165) is 13.1 Å². The van der Waals surface area contributed by atoms with E-state index in [2.05, 4.69) is 27.2 Å². The van der Waals surface area contributed by atoms with E-state index >= 15 is 0 Å². The smallest absolute Gasteiger partial charge is 0.318 e. The van der Waals surface area contributed by atoms with Gasteiger partial charge < -0.3 is 15.1 Å². The Morgan fingerprint density at radius 2 is 1.88 bits per heavy atom. The van der Waals surface area contributed by atoms with Crippen LogP contribution in [0.5, 0.6) is 0 Å². The third kappa shape index (κ3) is 1.45. The second-order valence-corrected chi connectivity index (χ2v) is 3.81. The number of rotatable bonds is 2. The molecule has 0 saturated carbocycles. The van der Waals surface area contributed by atoms with Crippen molar-refractivity contribution in [1.29, 1.82) is 0 Å². The molecule has 0 amide bonds. The van der Waals surface area contributed by atoms with Gasteiger partial charge in [0.2, 0.25) is 5.89 Å². The number of hydrogen-bond acceptors (Lipinski definition) is 5. The lowest BCUT2D eigenvalue weighted by Gasteiger charge is -2.10. The first-order valence-corrected chi connectivity index (χ1v) is 5.21. The SMILES string of the molecule is NCc1nnc(N2Cc3ccccc3C2)o1. The van der Waals surface area contributed by atoms with Crippen molar-refractivity contribution in [2.24, 2.45) is 5.73 Å². The lowest BCUT2D eigenvalue weighted by molar-refractivity contribution is 0.486. The molecule has 0 saturated heterocycles. The van der Waals surface area contributed by atoms with Gasteiger partial charge in [-0.25, -0.2) is 0 Å². The van der Waals surface area contributed by atoms with E-state index in [0.29, 0.717) is 11.9 Å². The number of nitrogens with zero attached hydrogens (tertiary/aromatic N) is 3. The van der Waals surface area contributed by atoms with E-state index in [4.69, 9.17) is 10.2 Å². The van der Waals surface area contributed by atoms with Crippen LogP contribution < -0.4 is 10.6 Å². The van der Waals surface area contributed by atoms with Gasteiger partial charge in [-0.2, -0.15) is 0 Å². The normalized spacial score (nSPS) is 14.2. The van der Waals surface area contributed by atoms with Gasteiger partial charge in [0.1, 0.15) is 0 Å². The molecule has 2 aromatic rings. The van der Waals surface area contributed by atoms with E-state index in [1.54, 1.807) is 0 Å². The quantitative estimate of drug-likeness (QED) is 0.812. The van der Waals surface area contributed by atoms with Crippen molar-refractivity contribution in [1.82, 2.24) is 10.2 Å². The molecule has 0 atom stereocenters. The largest absolute Gasteiger partial charge is 0.407 e. The van der Waals surface area contributed by atoms with E-state index in [1.807, 2.05) is 12.1 Å². The summed E-state index contributed by atoms with van der Waals surface area (Å²) in [6.07, 6.45) is 0. The molecule has 2 heterocycles. The molecule has 3 rings (SSSR count). The van der Waals surface area contributed by atoms with Gasteiger partial charge in [-0.3, -0.25) is 0 Å². The van der Waals surface area contributed by atoms with Gasteiger partial charge in [0.25, 0.3) is 0 Å². The van der Waals surface area contributed by atoms with Crippen LogP contribution in [0.3, 0.4) is 0 Å². The molecular weight excluding hydrogens is 204 g/mol. The highest BCUT2D eigenvalue weighted by molar-refractivity contribution is 5.41. The number of benzene rings is 1. The molecule has 5 heteroatoms. The third-order valence-electron chi connectivity index (χ3n) is 2.74. The molecule has 0 unspecified atom stereocenters. The average molecular weight is 216 g/mol. The molecule has 0 spiro atoms. The van der Waals surface area contributed by atoms with Crippen LogP contribution >= 0.6 is 0 Å². The average Bonchev–Trinajstić information content (AvgIpc) is 2.95. The molecule has 0 bridgehead atoms. The maximum Gasteiger partial charge on any atom is 0.318 e. The molecule has 1 aromatic heterocycles. The first kappa shape index (κ1) is 9.35. The van der Waals surface area contributed by atoms with Crippen LogP contribution in [-0.2, 0) is 19.6 Å². The van der Waals surface area contributed by atoms with Gasteiger partial charge in [-0.1, -0.05) is 29.4 Å². The molecule has 1 aliphatic heterocycles. The summed E-state index contributed by atoms with van der Waals surface area (Å²) in [5.41, 5.74) is 8.06. The summed E-state index contributed by atoms with van der Waals surface area (Å²) in [4.78, 5) is 2.05. The summed E-state index contributed by atoms with van der Waals surface area (Å²) in [5.74, 6) is 0.478. The predicted molar refractivity (Wildman–Crippen MR) is 58.5 cm³/mol. The fraction of sp³-hybridized carbons (Fsp3) is 0.273. The Morgan fingerprint density at radius 3 is 2.44 bits per heavy atom. The Labute approximate surface area is 92.9 Å². The zero-order valence-electron chi connectivity index (χ0n) is 8.76. The van der Waals surface area contributed by atoms with Gasteiger partial charge in [0.15, 0.2) is 0 Å². The van der Waals surface area contributed by atoms with Gasteiger partial charge in [0, 0.05) is 13.1 Å². The summed E-state index contributed by atoms with van der Waals surface area (Å²) in [6, 6.07) is 8.88. The summed E-state index contributed by atoms with van der Waals surface area (Å²) in [5, 5.41) is 7.84.